The highest BCUT2D eigenvalue weighted by Gasteiger charge is 2.29. The Morgan fingerprint density at radius 2 is 2.05 bits per heavy atom. The summed E-state index contributed by atoms with van der Waals surface area (Å²) in [6.07, 6.45) is 5.15. The summed E-state index contributed by atoms with van der Waals surface area (Å²) < 4.78 is 1.68. The average Bonchev–Trinajstić information content (AvgIpc) is 3.30. The molecule has 3 N–H and O–H groups in total. The van der Waals surface area contributed by atoms with Crippen LogP contribution in [0.1, 0.15) is 47.4 Å². The molecule has 1 fully saturated rings. The van der Waals surface area contributed by atoms with Gasteiger partial charge in [0.15, 0.2) is 11.3 Å². The van der Waals surface area contributed by atoms with Gasteiger partial charge in [-0.05, 0) is 42.5 Å². The van der Waals surface area contributed by atoms with Crippen molar-refractivity contribution in [2.45, 2.75) is 38.6 Å². The first-order valence-electron chi connectivity index (χ1n) is 12.3. The van der Waals surface area contributed by atoms with E-state index < -0.39 is 5.91 Å². The molecular formula is C26H32N8O3. The van der Waals surface area contributed by atoms with Gasteiger partial charge in [0.2, 0.25) is 11.8 Å². The lowest BCUT2D eigenvalue weighted by atomic mass is 10.0. The van der Waals surface area contributed by atoms with Gasteiger partial charge in [0.25, 0.3) is 5.91 Å². The number of nitrogens with one attached hydrogen (secondary N) is 1. The number of likely N-dealkylation sites (N-methyl/N-ethyl adjacent to an activating group) is 1. The van der Waals surface area contributed by atoms with Crippen LogP contribution in [0.25, 0.3) is 11.0 Å². The van der Waals surface area contributed by atoms with Crippen molar-refractivity contribution in [3.05, 3.63) is 54.0 Å². The van der Waals surface area contributed by atoms with Crippen LogP contribution in [0, 0.1) is 0 Å². The highest BCUT2D eigenvalue weighted by Crippen LogP contribution is 2.29. The summed E-state index contributed by atoms with van der Waals surface area (Å²) in [4.78, 5) is 49.5. The van der Waals surface area contributed by atoms with Gasteiger partial charge in [-0.25, -0.2) is 14.6 Å². The van der Waals surface area contributed by atoms with E-state index in [-0.39, 0.29) is 35.8 Å². The zero-order chi connectivity index (χ0) is 26.7. The molecule has 0 saturated carbocycles. The Bertz CT molecular complexity index is 1360. The standard InChI is InChI=1S/C26H32N8O3/c1-5-17-12-16(13-21(36)32(3)4)9-10-19(17)30-26(37)23-22-24(27)28-15-29-25(22)34(31-23)18-8-7-11-33(14-18)20(35)6-2/h6,9-10,12,15,18H,2,5,7-8,11,13-14H2,1,3-4H3,(H,30,37)(H2,27,28,29). The number of nitrogens with zero attached hydrogens (tertiary/aromatic N) is 6. The number of aryl methyl sites for hydroxylation is 1. The maximum atomic E-state index is 13.5. The number of benzene rings is 1. The smallest absolute Gasteiger partial charge is 0.277 e. The summed E-state index contributed by atoms with van der Waals surface area (Å²) in [5.41, 5.74) is 9.15. The first-order chi connectivity index (χ1) is 17.7. The summed E-state index contributed by atoms with van der Waals surface area (Å²) >= 11 is 0. The Morgan fingerprint density at radius 1 is 1.27 bits per heavy atom. The van der Waals surface area contributed by atoms with E-state index in [0.29, 0.717) is 36.2 Å². The minimum atomic E-state index is -0.438. The average molecular weight is 505 g/mol. The van der Waals surface area contributed by atoms with Gasteiger partial charge in [-0.15, -0.1) is 0 Å². The normalized spacial score (nSPS) is 15.4. The molecule has 1 aliphatic rings. The lowest BCUT2D eigenvalue weighted by Gasteiger charge is -2.32. The number of aromatic nitrogens is 4. The Balaban J connectivity index is 1.65. The van der Waals surface area contributed by atoms with Crippen LogP contribution in [0.15, 0.2) is 37.2 Å². The molecule has 194 valence electrons. The van der Waals surface area contributed by atoms with Crippen LogP contribution < -0.4 is 11.1 Å². The predicted molar refractivity (Wildman–Crippen MR) is 141 cm³/mol. The third-order valence-corrected chi connectivity index (χ3v) is 6.61. The molecule has 0 bridgehead atoms. The topological polar surface area (TPSA) is 139 Å². The summed E-state index contributed by atoms with van der Waals surface area (Å²) in [5, 5.41) is 7.96. The molecule has 3 heterocycles. The molecule has 1 aromatic carbocycles. The molecule has 11 heteroatoms. The number of carbonyl (C=O) groups excluding carboxylic acids is 3. The summed E-state index contributed by atoms with van der Waals surface area (Å²) in [7, 11) is 3.44. The van der Waals surface area contributed by atoms with E-state index in [1.807, 2.05) is 19.1 Å². The molecule has 2 aromatic heterocycles. The number of likely N-dealkylation sites (tertiary alicyclic amines) is 1. The van der Waals surface area contributed by atoms with E-state index in [0.717, 1.165) is 24.0 Å². The maximum Gasteiger partial charge on any atom is 0.277 e. The number of carbonyl (C=O) groups is 3. The molecule has 3 aromatic rings. The minimum absolute atomic E-state index is 0.00221. The van der Waals surface area contributed by atoms with Gasteiger partial charge in [0.1, 0.15) is 12.1 Å². The van der Waals surface area contributed by atoms with Crippen molar-refractivity contribution in [3.63, 3.8) is 0 Å². The number of anilines is 2. The van der Waals surface area contributed by atoms with Crippen molar-refractivity contribution in [2.75, 3.05) is 38.2 Å². The molecule has 1 unspecified atom stereocenters. The third kappa shape index (κ3) is 5.30. The van der Waals surface area contributed by atoms with Gasteiger partial charge in [-0.2, -0.15) is 5.10 Å². The molecule has 3 amide bonds. The molecule has 0 aliphatic carbocycles. The van der Waals surface area contributed by atoms with Crippen LogP contribution in [0.4, 0.5) is 11.5 Å². The lowest BCUT2D eigenvalue weighted by Crippen LogP contribution is -2.40. The van der Waals surface area contributed by atoms with Gasteiger partial charge in [-0.1, -0.05) is 25.6 Å². The number of fused-ring (bicyclic) bond motifs is 1. The molecule has 0 radical (unpaired) electrons. The van der Waals surface area contributed by atoms with Crippen LogP contribution in [-0.2, 0) is 22.4 Å². The van der Waals surface area contributed by atoms with Crippen LogP contribution in [-0.4, -0.2) is 74.5 Å². The quantitative estimate of drug-likeness (QED) is 0.470. The zero-order valence-electron chi connectivity index (χ0n) is 21.4. The Morgan fingerprint density at radius 3 is 2.76 bits per heavy atom. The van der Waals surface area contributed by atoms with E-state index in [2.05, 4.69) is 27.0 Å². The Labute approximate surface area is 215 Å². The number of amides is 3. The summed E-state index contributed by atoms with van der Waals surface area (Å²) in [6, 6.07) is 5.39. The van der Waals surface area contributed by atoms with Crippen molar-refractivity contribution >= 4 is 40.3 Å². The predicted octanol–water partition coefficient (Wildman–Crippen LogP) is 2.20. The van der Waals surface area contributed by atoms with Gasteiger partial charge in [-0.3, -0.25) is 14.4 Å². The lowest BCUT2D eigenvalue weighted by molar-refractivity contribution is -0.128. The van der Waals surface area contributed by atoms with Gasteiger partial charge in [0, 0.05) is 32.9 Å². The number of nitrogen functional groups attached to an aromatic ring is 1. The first kappa shape index (κ1) is 25.8. The number of hydrogen-bond acceptors (Lipinski definition) is 7. The second kappa shape index (κ2) is 10.8. The van der Waals surface area contributed by atoms with Crippen LogP contribution >= 0.6 is 0 Å². The number of piperidine rings is 1. The second-order valence-corrected chi connectivity index (χ2v) is 9.30. The van der Waals surface area contributed by atoms with Crippen LogP contribution in [0.5, 0.6) is 0 Å². The van der Waals surface area contributed by atoms with Crippen molar-refractivity contribution in [1.82, 2.24) is 29.5 Å². The van der Waals surface area contributed by atoms with Crippen LogP contribution in [0.3, 0.4) is 0 Å². The first-order valence-corrected chi connectivity index (χ1v) is 12.3. The molecule has 11 nitrogen and oxygen atoms in total. The Kier molecular flexibility index (Phi) is 7.51. The highest BCUT2D eigenvalue weighted by atomic mass is 16.2. The third-order valence-electron chi connectivity index (χ3n) is 6.61. The van der Waals surface area contributed by atoms with E-state index in [9.17, 15) is 14.4 Å². The summed E-state index contributed by atoms with van der Waals surface area (Å²) in [5.74, 6) is -0.421. The monoisotopic (exact) mass is 504 g/mol. The Hall–Kier alpha value is -4.28. The zero-order valence-corrected chi connectivity index (χ0v) is 21.4. The largest absolute Gasteiger partial charge is 0.383 e. The van der Waals surface area contributed by atoms with Crippen molar-refractivity contribution in [2.24, 2.45) is 0 Å². The van der Waals surface area contributed by atoms with Crippen molar-refractivity contribution in [3.8, 4) is 0 Å². The van der Waals surface area contributed by atoms with E-state index >= 15 is 0 Å². The summed E-state index contributed by atoms with van der Waals surface area (Å²) in [6.45, 7) is 6.63. The molecule has 4 rings (SSSR count). The molecular weight excluding hydrogens is 472 g/mol. The van der Waals surface area contributed by atoms with Gasteiger partial charge >= 0.3 is 0 Å². The minimum Gasteiger partial charge on any atom is -0.383 e. The fraction of sp³-hybridized carbons (Fsp3) is 0.385. The van der Waals surface area contributed by atoms with Gasteiger partial charge in [0.05, 0.1) is 17.8 Å². The van der Waals surface area contributed by atoms with Gasteiger partial charge < -0.3 is 20.9 Å². The molecule has 37 heavy (non-hydrogen) atoms. The maximum absolute atomic E-state index is 13.5. The number of nitrogens with two attached hydrogens (primary N) is 1. The van der Waals surface area contributed by atoms with Crippen molar-refractivity contribution in [1.29, 1.82) is 0 Å². The molecule has 1 aliphatic heterocycles. The second-order valence-electron chi connectivity index (χ2n) is 9.30. The van der Waals surface area contributed by atoms with Crippen LogP contribution in [0.2, 0.25) is 0 Å². The molecule has 0 spiro atoms. The van der Waals surface area contributed by atoms with E-state index in [4.69, 9.17) is 5.73 Å². The molecule has 1 atom stereocenters. The number of hydrogen-bond donors (Lipinski definition) is 2. The van der Waals surface area contributed by atoms with E-state index in [1.165, 1.54) is 12.4 Å². The SMILES string of the molecule is C=CC(=O)N1CCCC(n2nc(C(=O)Nc3ccc(CC(=O)N(C)C)cc3CC)c3c(N)ncnc32)C1. The fourth-order valence-corrected chi connectivity index (χ4v) is 4.58. The van der Waals surface area contributed by atoms with E-state index in [1.54, 1.807) is 34.6 Å². The number of rotatable bonds is 7. The van der Waals surface area contributed by atoms with Crippen molar-refractivity contribution < 1.29 is 14.4 Å². The fourth-order valence-electron chi connectivity index (χ4n) is 4.58. The molecule has 1 saturated heterocycles. The highest BCUT2D eigenvalue weighted by molar-refractivity contribution is 6.13.